The van der Waals surface area contributed by atoms with Crippen LogP contribution in [0.4, 0.5) is 0 Å². The largest absolute Gasteiger partial charge is 0.494 e. The van der Waals surface area contributed by atoms with E-state index in [4.69, 9.17) is 9.84 Å². The highest BCUT2D eigenvalue weighted by Crippen LogP contribution is 2.21. The molecule has 28 heavy (non-hydrogen) atoms. The monoisotopic (exact) mass is 404 g/mol. The van der Waals surface area contributed by atoms with Crippen LogP contribution < -0.4 is 4.74 Å². The van der Waals surface area contributed by atoms with Crippen LogP contribution in [0.5, 0.6) is 5.75 Å². The molecule has 150 valence electrons. The van der Waals surface area contributed by atoms with Crippen molar-refractivity contribution in [3.63, 3.8) is 0 Å². The Hall–Kier alpha value is -2.42. The summed E-state index contributed by atoms with van der Waals surface area (Å²) in [6.45, 7) is 3.47. The normalized spacial score (nSPS) is 15.4. The van der Waals surface area contributed by atoms with Gasteiger partial charge in [-0.05, 0) is 48.9 Å². The van der Waals surface area contributed by atoms with Crippen molar-refractivity contribution in [3.05, 3.63) is 59.7 Å². The predicted molar refractivity (Wildman–Crippen MR) is 105 cm³/mol. The number of sulfonamides is 1. The van der Waals surface area contributed by atoms with Crippen LogP contribution in [-0.2, 0) is 16.6 Å². The van der Waals surface area contributed by atoms with Gasteiger partial charge in [-0.15, -0.1) is 0 Å². The van der Waals surface area contributed by atoms with Gasteiger partial charge >= 0.3 is 0 Å². The van der Waals surface area contributed by atoms with E-state index in [2.05, 4.69) is 0 Å². The average molecular weight is 404 g/mol. The van der Waals surface area contributed by atoms with Crippen LogP contribution in [0.15, 0.2) is 53.4 Å². The summed E-state index contributed by atoms with van der Waals surface area (Å²) in [7, 11) is -3.60. The van der Waals surface area contributed by atoms with Crippen LogP contribution >= 0.6 is 0 Å². The molecule has 1 aliphatic rings. The van der Waals surface area contributed by atoms with Crippen LogP contribution in [0.25, 0.3) is 0 Å². The highest BCUT2D eigenvalue weighted by Gasteiger charge is 2.30. The first-order chi connectivity index (χ1) is 13.5. The molecule has 7 nitrogen and oxygen atoms in total. The molecule has 1 amide bonds. The van der Waals surface area contributed by atoms with Crippen molar-refractivity contribution in [2.75, 3.05) is 32.8 Å². The smallest absolute Gasteiger partial charge is 0.253 e. The average Bonchev–Trinajstić information content (AvgIpc) is 2.74. The van der Waals surface area contributed by atoms with Crippen LogP contribution in [0.1, 0.15) is 22.8 Å². The lowest BCUT2D eigenvalue weighted by atomic mass is 10.1. The summed E-state index contributed by atoms with van der Waals surface area (Å²) in [5, 5.41) is 9.09. The van der Waals surface area contributed by atoms with E-state index >= 15 is 0 Å². The van der Waals surface area contributed by atoms with Gasteiger partial charge in [-0.1, -0.05) is 12.1 Å². The fourth-order valence-corrected chi connectivity index (χ4v) is 4.51. The molecule has 8 heteroatoms. The molecule has 0 unspecified atom stereocenters. The van der Waals surface area contributed by atoms with Crippen molar-refractivity contribution in [2.24, 2.45) is 0 Å². The van der Waals surface area contributed by atoms with Gasteiger partial charge < -0.3 is 14.7 Å². The number of benzene rings is 2. The first kappa shape index (κ1) is 20.3. The van der Waals surface area contributed by atoms with Gasteiger partial charge in [0.2, 0.25) is 10.0 Å². The fraction of sp³-hybridized carbons (Fsp3) is 0.350. The lowest BCUT2D eigenvalue weighted by Crippen LogP contribution is -2.50. The maximum absolute atomic E-state index is 12.8. The highest BCUT2D eigenvalue weighted by molar-refractivity contribution is 7.89. The minimum atomic E-state index is -3.60. The molecule has 0 bridgehead atoms. The molecule has 1 N–H and O–H groups in total. The molecule has 0 aliphatic carbocycles. The summed E-state index contributed by atoms with van der Waals surface area (Å²) < 4.78 is 32.4. The van der Waals surface area contributed by atoms with Crippen LogP contribution in [0.2, 0.25) is 0 Å². The minimum Gasteiger partial charge on any atom is -0.494 e. The SMILES string of the molecule is CCOc1ccc(S(=O)(=O)N2CCN(C(=O)c3ccc(CO)cc3)CC2)cc1. The molecule has 0 spiro atoms. The maximum atomic E-state index is 12.8. The number of rotatable bonds is 6. The van der Waals surface area contributed by atoms with E-state index < -0.39 is 10.0 Å². The lowest BCUT2D eigenvalue weighted by molar-refractivity contribution is 0.0698. The number of hydrogen-bond donors (Lipinski definition) is 1. The lowest BCUT2D eigenvalue weighted by Gasteiger charge is -2.34. The zero-order valence-electron chi connectivity index (χ0n) is 15.7. The number of ether oxygens (including phenoxy) is 1. The molecule has 0 aromatic heterocycles. The molecule has 2 aromatic carbocycles. The standard InChI is InChI=1S/C20H24N2O5S/c1-2-27-18-7-9-19(10-8-18)28(25,26)22-13-11-21(12-14-22)20(24)17-5-3-16(15-23)4-6-17/h3-10,23H,2,11-15H2,1H3. The number of carbonyl (C=O) groups excluding carboxylic acids is 1. The minimum absolute atomic E-state index is 0.0729. The molecule has 2 aromatic rings. The number of nitrogens with zero attached hydrogens (tertiary/aromatic N) is 2. The van der Waals surface area contributed by atoms with E-state index in [0.717, 1.165) is 5.56 Å². The number of amides is 1. The second kappa shape index (κ2) is 8.72. The molecule has 1 saturated heterocycles. The number of carbonyl (C=O) groups is 1. The van der Waals surface area contributed by atoms with Gasteiger partial charge in [0, 0.05) is 31.7 Å². The highest BCUT2D eigenvalue weighted by atomic mass is 32.2. The molecule has 3 rings (SSSR count). The van der Waals surface area contributed by atoms with Crippen molar-refractivity contribution in [3.8, 4) is 5.75 Å². The van der Waals surface area contributed by atoms with E-state index in [9.17, 15) is 13.2 Å². The van der Waals surface area contributed by atoms with Crippen LogP contribution in [0.3, 0.4) is 0 Å². The number of aliphatic hydroxyl groups is 1. The summed E-state index contributed by atoms with van der Waals surface area (Å²) in [4.78, 5) is 14.5. The number of piperazine rings is 1. The molecular formula is C20H24N2O5S. The molecule has 1 fully saturated rings. The Kier molecular flexibility index (Phi) is 6.33. The van der Waals surface area contributed by atoms with Crippen molar-refractivity contribution in [2.45, 2.75) is 18.4 Å². The zero-order chi connectivity index (χ0) is 20.1. The molecular weight excluding hydrogens is 380 g/mol. The summed E-state index contributed by atoms with van der Waals surface area (Å²) in [6.07, 6.45) is 0. The van der Waals surface area contributed by atoms with Gasteiger partial charge in [-0.2, -0.15) is 4.31 Å². The Bertz CT molecular complexity index is 903. The molecule has 0 atom stereocenters. The Morgan fingerprint density at radius 1 is 1.00 bits per heavy atom. The van der Waals surface area contributed by atoms with Crippen molar-refractivity contribution < 1.29 is 23.1 Å². The molecule has 0 radical (unpaired) electrons. The van der Waals surface area contributed by atoms with E-state index in [1.807, 2.05) is 6.92 Å². The summed E-state index contributed by atoms with van der Waals surface area (Å²) in [6, 6.07) is 13.1. The zero-order valence-corrected chi connectivity index (χ0v) is 16.6. The second-order valence-corrected chi connectivity index (χ2v) is 8.39. The Morgan fingerprint density at radius 2 is 1.61 bits per heavy atom. The number of aliphatic hydroxyl groups excluding tert-OH is 1. The summed E-state index contributed by atoms with van der Waals surface area (Å²) in [5.74, 6) is 0.492. The van der Waals surface area contributed by atoms with Gasteiger partial charge in [-0.3, -0.25) is 4.79 Å². The Balaban J connectivity index is 1.64. The Labute approximate surface area is 165 Å². The van der Waals surface area contributed by atoms with E-state index in [1.54, 1.807) is 53.4 Å². The summed E-state index contributed by atoms with van der Waals surface area (Å²) >= 11 is 0. The first-order valence-electron chi connectivity index (χ1n) is 9.18. The second-order valence-electron chi connectivity index (χ2n) is 6.46. The van der Waals surface area contributed by atoms with Crippen molar-refractivity contribution in [1.29, 1.82) is 0 Å². The van der Waals surface area contributed by atoms with Gasteiger partial charge in [0.1, 0.15) is 5.75 Å². The van der Waals surface area contributed by atoms with Crippen molar-refractivity contribution in [1.82, 2.24) is 9.21 Å². The van der Waals surface area contributed by atoms with Gasteiger partial charge in [0.15, 0.2) is 0 Å². The van der Waals surface area contributed by atoms with E-state index in [1.165, 1.54) is 4.31 Å². The maximum Gasteiger partial charge on any atom is 0.253 e. The van der Waals surface area contributed by atoms with Crippen LogP contribution in [-0.4, -0.2) is 61.4 Å². The van der Waals surface area contributed by atoms with Gasteiger partial charge in [0.05, 0.1) is 18.1 Å². The predicted octanol–water partition coefficient (Wildman–Crippen LogP) is 1.72. The van der Waals surface area contributed by atoms with Gasteiger partial charge in [-0.25, -0.2) is 8.42 Å². The first-order valence-corrected chi connectivity index (χ1v) is 10.6. The third-order valence-electron chi connectivity index (χ3n) is 4.68. The van der Waals surface area contributed by atoms with Crippen LogP contribution in [0, 0.1) is 0 Å². The van der Waals surface area contributed by atoms with E-state index in [0.29, 0.717) is 31.0 Å². The third kappa shape index (κ3) is 4.35. The topological polar surface area (TPSA) is 87.2 Å². The Morgan fingerprint density at radius 3 is 2.14 bits per heavy atom. The quantitative estimate of drug-likeness (QED) is 0.792. The molecule has 1 aliphatic heterocycles. The number of hydrogen-bond acceptors (Lipinski definition) is 5. The van der Waals surface area contributed by atoms with E-state index in [-0.39, 0.29) is 30.5 Å². The third-order valence-corrected chi connectivity index (χ3v) is 6.59. The van der Waals surface area contributed by atoms with Crippen molar-refractivity contribution >= 4 is 15.9 Å². The van der Waals surface area contributed by atoms with Gasteiger partial charge in [0.25, 0.3) is 5.91 Å². The fourth-order valence-electron chi connectivity index (χ4n) is 3.09. The molecule has 0 saturated carbocycles. The molecule has 1 heterocycles. The summed E-state index contributed by atoms with van der Waals surface area (Å²) in [5.41, 5.74) is 1.27.